The standard InChI is InChI=1S/C13H18O3S/c1-15-11-3-2-4-12(7-11)16-8-13(14)10-5-6-17-9-10/h2-4,7,10,13-14H,5-6,8-9H2,1H3. The molecule has 1 saturated heterocycles. The fourth-order valence-corrected chi connectivity index (χ4v) is 3.19. The van der Waals surface area contributed by atoms with Crippen molar-refractivity contribution < 1.29 is 14.6 Å². The molecule has 0 aliphatic carbocycles. The fraction of sp³-hybridized carbons (Fsp3) is 0.538. The van der Waals surface area contributed by atoms with E-state index in [1.807, 2.05) is 36.0 Å². The van der Waals surface area contributed by atoms with Crippen LogP contribution in [0.4, 0.5) is 0 Å². The molecule has 1 aromatic carbocycles. The van der Waals surface area contributed by atoms with Gasteiger partial charge in [-0.15, -0.1) is 0 Å². The van der Waals surface area contributed by atoms with Gasteiger partial charge in [-0.3, -0.25) is 0 Å². The minimum Gasteiger partial charge on any atom is -0.497 e. The summed E-state index contributed by atoms with van der Waals surface area (Å²) in [5, 5.41) is 9.97. The van der Waals surface area contributed by atoms with Crippen molar-refractivity contribution in [3.8, 4) is 11.5 Å². The molecule has 0 bridgehead atoms. The molecular weight excluding hydrogens is 236 g/mol. The van der Waals surface area contributed by atoms with E-state index in [0.717, 1.165) is 29.4 Å². The second-order valence-electron chi connectivity index (χ2n) is 4.18. The van der Waals surface area contributed by atoms with Crippen LogP contribution in [0.5, 0.6) is 11.5 Å². The molecule has 94 valence electrons. The Hall–Kier alpha value is -0.870. The third-order valence-electron chi connectivity index (χ3n) is 2.97. The Morgan fingerprint density at radius 1 is 1.47 bits per heavy atom. The molecule has 1 aliphatic rings. The number of aliphatic hydroxyl groups is 1. The topological polar surface area (TPSA) is 38.7 Å². The van der Waals surface area contributed by atoms with Gasteiger partial charge in [-0.2, -0.15) is 11.8 Å². The van der Waals surface area contributed by atoms with E-state index in [1.165, 1.54) is 0 Å². The summed E-state index contributed by atoms with van der Waals surface area (Å²) in [5.74, 6) is 4.09. The lowest BCUT2D eigenvalue weighted by molar-refractivity contribution is 0.0662. The number of benzene rings is 1. The molecule has 3 nitrogen and oxygen atoms in total. The van der Waals surface area contributed by atoms with Gasteiger partial charge in [0.2, 0.25) is 0 Å². The monoisotopic (exact) mass is 254 g/mol. The van der Waals surface area contributed by atoms with Crippen molar-refractivity contribution in [3.63, 3.8) is 0 Å². The highest BCUT2D eigenvalue weighted by molar-refractivity contribution is 7.99. The smallest absolute Gasteiger partial charge is 0.123 e. The number of methoxy groups -OCH3 is 1. The lowest BCUT2D eigenvalue weighted by Gasteiger charge is -2.17. The second-order valence-corrected chi connectivity index (χ2v) is 5.33. The average molecular weight is 254 g/mol. The summed E-state index contributed by atoms with van der Waals surface area (Å²) in [6.07, 6.45) is 0.726. The highest BCUT2D eigenvalue weighted by atomic mass is 32.2. The minimum absolute atomic E-state index is 0.360. The van der Waals surface area contributed by atoms with Gasteiger partial charge in [0.05, 0.1) is 13.2 Å². The van der Waals surface area contributed by atoms with Gasteiger partial charge in [0, 0.05) is 6.07 Å². The Kier molecular flexibility index (Phi) is 4.57. The van der Waals surface area contributed by atoms with Crippen LogP contribution in [0.1, 0.15) is 6.42 Å². The SMILES string of the molecule is COc1cccc(OCC(O)C2CCSC2)c1. The molecule has 0 aromatic heterocycles. The molecule has 4 heteroatoms. The molecule has 1 aliphatic heterocycles. The Labute approximate surface area is 106 Å². The minimum atomic E-state index is -0.365. The van der Waals surface area contributed by atoms with Crippen LogP contribution in [0.3, 0.4) is 0 Å². The Morgan fingerprint density at radius 2 is 2.29 bits per heavy atom. The van der Waals surface area contributed by atoms with Gasteiger partial charge in [-0.05, 0) is 36.0 Å². The molecule has 1 N–H and O–H groups in total. The molecule has 1 aromatic rings. The third kappa shape index (κ3) is 3.54. The van der Waals surface area contributed by atoms with Crippen molar-refractivity contribution in [1.82, 2.24) is 0 Å². The molecule has 2 rings (SSSR count). The van der Waals surface area contributed by atoms with Gasteiger partial charge in [0.15, 0.2) is 0 Å². The molecule has 1 fully saturated rings. The Bertz CT molecular complexity index is 350. The van der Waals surface area contributed by atoms with Gasteiger partial charge in [0.1, 0.15) is 18.1 Å². The van der Waals surface area contributed by atoms with Gasteiger partial charge in [-0.1, -0.05) is 6.07 Å². The van der Waals surface area contributed by atoms with Crippen LogP contribution >= 0.6 is 11.8 Å². The molecule has 17 heavy (non-hydrogen) atoms. The van der Waals surface area contributed by atoms with Crippen LogP contribution in [-0.2, 0) is 0 Å². The lowest BCUT2D eigenvalue weighted by atomic mass is 10.0. The normalized spacial score (nSPS) is 21.2. The van der Waals surface area contributed by atoms with E-state index >= 15 is 0 Å². The molecule has 1 heterocycles. The number of hydrogen-bond donors (Lipinski definition) is 1. The number of aliphatic hydroxyl groups excluding tert-OH is 1. The van der Waals surface area contributed by atoms with Crippen LogP contribution in [-0.4, -0.2) is 36.4 Å². The van der Waals surface area contributed by atoms with E-state index in [9.17, 15) is 5.11 Å². The summed E-state index contributed by atoms with van der Waals surface area (Å²) in [5.41, 5.74) is 0. The summed E-state index contributed by atoms with van der Waals surface area (Å²) < 4.78 is 10.7. The van der Waals surface area contributed by atoms with Gasteiger partial charge in [-0.25, -0.2) is 0 Å². The summed E-state index contributed by atoms with van der Waals surface area (Å²) in [7, 11) is 1.63. The summed E-state index contributed by atoms with van der Waals surface area (Å²) in [4.78, 5) is 0. The zero-order chi connectivity index (χ0) is 12.1. The molecule has 2 atom stereocenters. The van der Waals surface area contributed by atoms with Crippen molar-refractivity contribution in [1.29, 1.82) is 0 Å². The predicted octanol–water partition coefficient (Wildman–Crippen LogP) is 2.19. The summed E-state index contributed by atoms with van der Waals surface area (Å²) in [6.45, 7) is 0.360. The summed E-state index contributed by atoms with van der Waals surface area (Å²) in [6, 6.07) is 7.46. The van der Waals surface area contributed by atoms with Crippen LogP contribution in [0, 0.1) is 5.92 Å². The van der Waals surface area contributed by atoms with Crippen molar-refractivity contribution in [3.05, 3.63) is 24.3 Å². The molecule has 0 amide bonds. The maximum absolute atomic E-state index is 9.97. The van der Waals surface area contributed by atoms with Gasteiger partial charge in [0.25, 0.3) is 0 Å². The summed E-state index contributed by atoms with van der Waals surface area (Å²) >= 11 is 1.90. The lowest BCUT2D eigenvalue weighted by Crippen LogP contribution is -2.27. The quantitative estimate of drug-likeness (QED) is 0.874. The molecule has 0 radical (unpaired) electrons. The van der Waals surface area contributed by atoms with E-state index in [-0.39, 0.29) is 6.10 Å². The van der Waals surface area contributed by atoms with Crippen molar-refractivity contribution in [2.75, 3.05) is 25.2 Å². The predicted molar refractivity (Wildman–Crippen MR) is 69.9 cm³/mol. The van der Waals surface area contributed by atoms with Crippen LogP contribution in [0.25, 0.3) is 0 Å². The zero-order valence-electron chi connectivity index (χ0n) is 9.96. The third-order valence-corrected chi connectivity index (χ3v) is 4.16. The first-order valence-corrected chi connectivity index (χ1v) is 6.97. The highest BCUT2D eigenvalue weighted by Crippen LogP contribution is 2.27. The van der Waals surface area contributed by atoms with E-state index in [4.69, 9.17) is 9.47 Å². The van der Waals surface area contributed by atoms with Crippen LogP contribution < -0.4 is 9.47 Å². The van der Waals surface area contributed by atoms with Crippen LogP contribution in [0.2, 0.25) is 0 Å². The van der Waals surface area contributed by atoms with Gasteiger partial charge >= 0.3 is 0 Å². The average Bonchev–Trinajstić information content (AvgIpc) is 2.90. The van der Waals surface area contributed by atoms with Crippen molar-refractivity contribution >= 4 is 11.8 Å². The van der Waals surface area contributed by atoms with E-state index < -0.39 is 0 Å². The molecule has 0 saturated carbocycles. The largest absolute Gasteiger partial charge is 0.497 e. The molecule has 0 spiro atoms. The second kappa shape index (κ2) is 6.17. The number of thioether (sulfide) groups is 1. The number of rotatable bonds is 5. The number of ether oxygens (including phenoxy) is 2. The molecule has 2 unspecified atom stereocenters. The maximum Gasteiger partial charge on any atom is 0.123 e. The first kappa shape index (κ1) is 12.6. The first-order chi connectivity index (χ1) is 8.29. The van der Waals surface area contributed by atoms with Crippen molar-refractivity contribution in [2.45, 2.75) is 12.5 Å². The van der Waals surface area contributed by atoms with Gasteiger partial charge < -0.3 is 14.6 Å². The maximum atomic E-state index is 9.97. The fourth-order valence-electron chi connectivity index (χ4n) is 1.86. The number of hydrogen-bond acceptors (Lipinski definition) is 4. The van der Waals surface area contributed by atoms with E-state index in [2.05, 4.69) is 0 Å². The Morgan fingerprint density at radius 3 is 3.00 bits per heavy atom. The zero-order valence-corrected chi connectivity index (χ0v) is 10.8. The highest BCUT2D eigenvalue weighted by Gasteiger charge is 2.23. The van der Waals surface area contributed by atoms with Crippen molar-refractivity contribution in [2.24, 2.45) is 5.92 Å². The van der Waals surface area contributed by atoms with E-state index in [1.54, 1.807) is 7.11 Å². The van der Waals surface area contributed by atoms with E-state index in [0.29, 0.717) is 12.5 Å². The molecular formula is C13H18O3S. The van der Waals surface area contributed by atoms with Crippen LogP contribution in [0.15, 0.2) is 24.3 Å². The first-order valence-electron chi connectivity index (χ1n) is 5.82. The Balaban J connectivity index is 1.83.